The Kier molecular flexibility index (Phi) is 3.88. The molecule has 0 saturated heterocycles. The number of amides is 1. The highest BCUT2D eigenvalue weighted by molar-refractivity contribution is 7.80. The van der Waals surface area contributed by atoms with Gasteiger partial charge in [0.15, 0.2) is 5.11 Å². The maximum atomic E-state index is 13.0. The number of rotatable bonds is 2. The summed E-state index contributed by atoms with van der Waals surface area (Å²) in [4.78, 5) is 11.9. The van der Waals surface area contributed by atoms with Crippen molar-refractivity contribution in [2.45, 2.75) is 37.6 Å². The molecule has 0 aromatic heterocycles. The molecule has 2 aliphatic rings. The van der Waals surface area contributed by atoms with Crippen molar-refractivity contribution >= 4 is 23.2 Å². The number of carbonyl (C=O) groups excluding carboxylic acids is 1. The van der Waals surface area contributed by atoms with Crippen molar-refractivity contribution in [1.82, 2.24) is 16.0 Å². The Hall–Kier alpha value is -1.44. The molecule has 0 radical (unpaired) electrons. The first-order chi connectivity index (χ1) is 8.87. The Labute approximate surface area is 114 Å². The van der Waals surface area contributed by atoms with Gasteiger partial charge in [0.1, 0.15) is 0 Å². The average Bonchev–Trinajstić information content (AvgIpc) is 2.31. The molecule has 1 aliphatic heterocycles. The van der Waals surface area contributed by atoms with Gasteiger partial charge in [-0.05, 0) is 25.1 Å². The van der Waals surface area contributed by atoms with E-state index in [1.165, 1.54) is 0 Å². The van der Waals surface area contributed by atoms with Crippen LogP contribution in [0.5, 0.6) is 0 Å². The standard InChI is InChI=1S/C11H15F2N3O2S/c12-11(13)3-1-6(2-4-11)15-8(17)7-5-14-10(19)16-9(7)18/h6,18H,1-5H2,(H,15,17)(H2,14,16,19). The Morgan fingerprint density at radius 2 is 2.05 bits per heavy atom. The van der Waals surface area contributed by atoms with E-state index in [1.807, 2.05) is 0 Å². The van der Waals surface area contributed by atoms with E-state index in [0.717, 1.165) is 0 Å². The molecule has 19 heavy (non-hydrogen) atoms. The SMILES string of the molecule is O=C(NC1CCC(F)(F)CC1)C1=C(O)NC(=S)NC1. The molecular weight excluding hydrogens is 276 g/mol. The minimum absolute atomic E-state index is 0.117. The van der Waals surface area contributed by atoms with Gasteiger partial charge in [-0.15, -0.1) is 0 Å². The van der Waals surface area contributed by atoms with Crippen LogP contribution >= 0.6 is 12.2 Å². The third-order valence-corrected chi connectivity index (χ3v) is 3.52. The number of aliphatic hydroxyl groups excluding tert-OH is 1. The number of nitrogens with one attached hydrogen (secondary N) is 3. The zero-order valence-electron chi connectivity index (χ0n) is 10.1. The van der Waals surface area contributed by atoms with E-state index in [1.54, 1.807) is 0 Å². The molecule has 0 unspecified atom stereocenters. The normalized spacial score (nSPS) is 23.6. The number of aliphatic hydroxyl groups is 1. The fraction of sp³-hybridized carbons (Fsp3) is 0.636. The second kappa shape index (κ2) is 5.28. The van der Waals surface area contributed by atoms with Gasteiger partial charge in [0.2, 0.25) is 11.8 Å². The zero-order chi connectivity index (χ0) is 14.0. The summed E-state index contributed by atoms with van der Waals surface area (Å²) < 4.78 is 26.0. The van der Waals surface area contributed by atoms with Crippen LogP contribution in [0.2, 0.25) is 0 Å². The van der Waals surface area contributed by atoms with Crippen LogP contribution in [0.15, 0.2) is 11.5 Å². The molecule has 0 aromatic rings. The number of alkyl halides is 2. The van der Waals surface area contributed by atoms with Crippen molar-refractivity contribution in [3.63, 3.8) is 0 Å². The van der Waals surface area contributed by atoms with Crippen LogP contribution in [-0.4, -0.2) is 34.6 Å². The van der Waals surface area contributed by atoms with Gasteiger partial charge in [-0.25, -0.2) is 8.78 Å². The maximum Gasteiger partial charge on any atom is 0.254 e. The lowest BCUT2D eigenvalue weighted by Gasteiger charge is -2.29. The van der Waals surface area contributed by atoms with E-state index in [0.29, 0.717) is 0 Å². The Morgan fingerprint density at radius 3 is 2.63 bits per heavy atom. The predicted octanol–water partition coefficient (Wildman–Crippen LogP) is 0.928. The predicted molar refractivity (Wildman–Crippen MR) is 68.7 cm³/mol. The van der Waals surface area contributed by atoms with E-state index in [4.69, 9.17) is 12.2 Å². The maximum absolute atomic E-state index is 13.0. The van der Waals surface area contributed by atoms with E-state index >= 15 is 0 Å². The molecule has 1 fully saturated rings. The molecule has 0 atom stereocenters. The van der Waals surface area contributed by atoms with Gasteiger partial charge < -0.3 is 21.1 Å². The summed E-state index contributed by atoms with van der Waals surface area (Å²) in [5.74, 6) is -3.37. The largest absolute Gasteiger partial charge is 0.494 e. The summed E-state index contributed by atoms with van der Waals surface area (Å²) in [5, 5.41) is 17.6. The second-order valence-corrected chi connectivity index (χ2v) is 5.15. The highest BCUT2D eigenvalue weighted by Crippen LogP contribution is 2.33. The van der Waals surface area contributed by atoms with E-state index in [-0.39, 0.29) is 54.8 Å². The molecule has 0 bridgehead atoms. The molecule has 8 heteroatoms. The topological polar surface area (TPSA) is 73.4 Å². The van der Waals surface area contributed by atoms with Crippen molar-refractivity contribution in [2.24, 2.45) is 0 Å². The molecule has 0 aromatic carbocycles. The van der Waals surface area contributed by atoms with Crippen LogP contribution in [-0.2, 0) is 4.79 Å². The summed E-state index contributed by atoms with van der Waals surface area (Å²) in [6.45, 7) is 0.117. The van der Waals surface area contributed by atoms with Crippen LogP contribution < -0.4 is 16.0 Å². The third-order valence-electron chi connectivity index (χ3n) is 3.27. The zero-order valence-corrected chi connectivity index (χ0v) is 10.9. The van der Waals surface area contributed by atoms with Crippen molar-refractivity contribution in [1.29, 1.82) is 0 Å². The van der Waals surface area contributed by atoms with E-state index in [2.05, 4.69) is 16.0 Å². The summed E-state index contributed by atoms with van der Waals surface area (Å²) in [6, 6.07) is -0.277. The van der Waals surface area contributed by atoms with Gasteiger partial charge >= 0.3 is 0 Å². The highest BCUT2D eigenvalue weighted by Gasteiger charge is 2.35. The molecule has 106 valence electrons. The van der Waals surface area contributed by atoms with Gasteiger partial charge in [0, 0.05) is 18.9 Å². The van der Waals surface area contributed by atoms with Gasteiger partial charge in [-0.3, -0.25) is 4.79 Å². The van der Waals surface area contributed by atoms with Gasteiger partial charge in [0.25, 0.3) is 5.91 Å². The first-order valence-electron chi connectivity index (χ1n) is 6.03. The smallest absolute Gasteiger partial charge is 0.254 e. The summed E-state index contributed by atoms with van der Waals surface area (Å²) in [7, 11) is 0. The molecule has 4 N–H and O–H groups in total. The molecule has 0 spiro atoms. The Balaban J connectivity index is 1.92. The molecule has 1 saturated carbocycles. The summed E-state index contributed by atoms with van der Waals surface area (Å²) >= 11 is 4.78. The average molecular weight is 291 g/mol. The van der Waals surface area contributed by atoms with Gasteiger partial charge in [-0.1, -0.05) is 0 Å². The highest BCUT2D eigenvalue weighted by atomic mass is 32.1. The van der Waals surface area contributed by atoms with Crippen molar-refractivity contribution in [2.75, 3.05) is 6.54 Å². The first kappa shape index (κ1) is 14.0. The van der Waals surface area contributed by atoms with Crippen LogP contribution in [0.1, 0.15) is 25.7 Å². The second-order valence-electron chi connectivity index (χ2n) is 4.74. The lowest BCUT2D eigenvalue weighted by Crippen LogP contribution is -2.48. The van der Waals surface area contributed by atoms with Crippen molar-refractivity contribution < 1.29 is 18.7 Å². The Bertz CT molecular complexity index is 430. The van der Waals surface area contributed by atoms with Crippen LogP contribution in [0.4, 0.5) is 8.78 Å². The third kappa shape index (κ3) is 3.52. The molecule has 1 heterocycles. The van der Waals surface area contributed by atoms with Crippen LogP contribution in [0.25, 0.3) is 0 Å². The minimum Gasteiger partial charge on any atom is -0.494 e. The number of thiocarbonyl (C=S) groups is 1. The summed E-state index contributed by atoms with van der Waals surface area (Å²) in [5.41, 5.74) is 0.130. The molecule has 5 nitrogen and oxygen atoms in total. The number of hydrogen-bond acceptors (Lipinski definition) is 3. The molecule has 2 rings (SSSR count). The molecule has 1 aliphatic carbocycles. The number of hydrogen-bond donors (Lipinski definition) is 4. The van der Waals surface area contributed by atoms with Gasteiger partial charge in [-0.2, -0.15) is 0 Å². The quantitative estimate of drug-likeness (QED) is 0.570. The van der Waals surface area contributed by atoms with Crippen LogP contribution in [0.3, 0.4) is 0 Å². The fourth-order valence-electron chi connectivity index (χ4n) is 2.12. The van der Waals surface area contributed by atoms with Crippen molar-refractivity contribution in [3.05, 3.63) is 11.5 Å². The van der Waals surface area contributed by atoms with E-state index < -0.39 is 11.8 Å². The number of carbonyl (C=O) groups is 1. The van der Waals surface area contributed by atoms with Crippen LogP contribution in [0, 0.1) is 0 Å². The minimum atomic E-state index is -2.62. The van der Waals surface area contributed by atoms with Gasteiger partial charge in [0.05, 0.1) is 12.1 Å². The summed E-state index contributed by atoms with van der Waals surface area (Å²) in [6.07, 6.45) is 0.0469. The van der Waals surface area contributed by atoms with E-state index in [9.17, 15) is 18.7 Å². The molecular formula is C11H15F2N3O2S. The number of halogens is 2. The lowest BCUT2D eigenvalue weighted by molar-refractivity contribution is -0.119. The fourth-order valence-corrected chi connectivity index (χ4v) is 2.29. The van der Waals surface area contributed by atoms with Crippen molar-refractivity contribution in [3.8, 4) is 0 Å². The Morgan fingerprint density at radius 1 is 1.42 bits per heavy atom. The first-order valence-corrected chi connectivity index (χ1v) is 6.44. The monoisotopic (exact) mass is 291 g/mol. The lowest BCUT2D eigenvalue weighted by atomic mass is 9.92. The molecule has 1 amide bonds.